The predicted octanol–water partition coefficient (Wildman–Crippen LogP) is 1.95. The summed E-state index contributed by atoms with van der Waals surface area (Å²) in [5.41, 5.74) is 7.36. The monoisotopic (exact) mass is 368 g/mol. The number of anilines is 2. The van der Waals surface area contributed by atoms with Crippen LogP contribution in [0.25, 0.3) is 22.0 Å². The maximum atomic E-state index is 13.0. The molecule has 0 bridgehead atoms. The quantitative estimate of drug-likeness (QED) is 0.644. The van der Waals surface area contributed by atoms with Gasteiger partial charge in [0.25, 0.3) is 5.56 Å². The van der Waals surface area contributed by atoms with E-state index < -0.39 is 0 Å². The maximum Gasteiger partial charge on any atom is 0.262 e. The Balaban J connectivity index is 2.33. The van der Waals surface area contributed by atoms with Gasteiger partial charge in [-0.05, 0) is 44.7 Å². The van der Waals surface area contributed by atoms with Crippen LogP contribution >= 0.6 is 0 Å². The zero-order valence-electron chi connectivity index (χ0n) is 15.9. The molecule has 4 N–H and O–H groups in total. The summed E-state index contributed by atoms with van der Waals surface area (Å²) in [6, 6.07) is 1.86. The van der Waals surface area contributed by atoms with E-state index in [0.29, 0.717) is 22.5 Å². The van der Waals surface area contributed by atoms with E-state index in [1.807, 2.05) is 33.8 Å². The van der Waals surface area contributed by atoms with Crippen molar-refractivity contribution in [3.8, 4) is 11.3 Å². The zero-order valence-corrected chi connectivity index (χ0v) is 15.9. The molecule has 3 heterocycles. The Morgan fingerprint density at radius 1 is 1.26 bits per heavy atom. The van der Waals surface area contributed by atoms with E-state index in [4.69, 9.17) is 5.73 Å². The Morgan fingerprint density at radius 2 is 1.93 bits per heavy atom. The number of aliphatic hydroxyl groups excluding tert-OH is 1. The molecule has 0 fully saturated rings. The van der Waals surface area contributed by atoms with Crippen LogP contribution in [0.4, 0.5) is 11.8 Å². The summed E-state index contributed by atoms with van der Waals surface area (Å²) >= 11 is 0. The highest BCUT2D eigenvalue weighted by atomic mass is 16.3. The molecule has 3 aromatic rings. The van der Waals surface area contributed by atoms with E-state index in [1.165, 1.54) is 4.57 Å². The molecular weight excluding hydrogens is 344 g/mol. The van der Waals surface area contributed by atoms with Crippen molar-refractivity contribution in [3.05, 3.63) is 40.6 Å². The first-order chi connectivity index (χ1) is 12.7. The fraction of sp³-hybridized carbons (Fsp3) is 0.368. The lowest BCUT2D eigenvalue weighted by Gasteiger charge is -2.23. The van der Waals surface area contributed by atoms with Gasteiger partial charge in [0.2, 0.25) is 5.95 Å². The number of aromatic nitrogens is 4. The molecule has 0 aliphatic rings. The minimum atomic E-state index is -0.297. The van der Waals surface area contributed by atoms with Gasteiger partial charge in [-0.2, -0.15) is 0 Å². The van der Waals surface area contributed by atoms with E-state index in [1.54, 1.807) is 18.6 Å². The number of rotatable bonds is 4. The average molecular weight is 368 g/mol. The molecule has 3 rings (SSSR count). The van der Waals surface area contributed by atoms with Gasteiger partial charge in [-0.25, -0.2) is 15.0 Å². The smallest absolute Gasteiger partial charge is 0.262 e. The fourth-order valence-electron chi connectivity index (χ4n) is 2.92. The summed E-state index contributed by atoms with van der Waals surface area (Å²) in [7, 11) is 0. The van der Waals surface area contributed by atoms with Crippen LogP contribution in [0.3, 0.4) is 0 Å². The Labute approximate surface area is 157 Å². The van der Waals surface area contributed by atoms with Crippen LogP contribution in [0.2, 0.25) is 0 Å². The molecule has 8 heteroatoms. The van der Waals surface area contributed by atoms with Gasteiger partial charge >= 0.3 is 0 Å². The SMILES string of the molecule is Cc1cn(CCO)c(=O)c2c(NC(C)(C)C)nc(-c3cnc(N)nc3)cc12. The van der Waals surface area contributed by atoms with Gasteiger partial charge in [-0.15, -0.1) is 0 Å². The van der Waals surface area contributed by atoms with E-state index in [9.17, 15) is 9.90 Å². The van der Waals surface area contributed by atoms with Gasteiger partial charge in [0.1, 0.15) is 5.82 Å². The lowest BCUT2D eigenvalue weighted by atomic mass is 10.0. The summed E-state index contributed by atoms with van der Waals surface area (Å²) in [4.78, 5) is 25.7. The van der Waals surface area contributed by atoms with E-state index in [2.05, 4.69) is 20.3 Å². The van der Waals surface area contributed by atoms with Crippen LogP contribution in [-0.4, -0.2) is 36.8 Å². The van der Waals surface area contributed by atoms with Crippen molar-refractivity contribution in [1.82, 2.24) is 19.5 Å². The summed E-state index contributed by atoms with van der Waals surface area (Å²) < 4.78 is 1.51. The van der Waals surface area contributed by atoms with Crippen molar-refractivity contribution in [2.75, 3.05) is 17.7 Å². The molecule has 0 radical (unpaired) electrons. The molecule has 0 aliphatic heterocycles. The molecule has 8 nitrogen and oxygen atoms in total. The first-order valence-electron chi connectivity index (χ1n) is 8.71. The molecule has 0 aromatic carbocycles. The lowest BCUT2D eigenvalue weighted by Crippen LogP contribution is -2.29. The van der Waals surface area contributed by atoms with Crippen LogP contribution in [0.5, 0.6) is 0 Å². The van der Waals surface area contributed by atoms with Crippen molar-refractivity contribution in [2.45, 2.75) is 39.8 Å². The normalized spacial score (nSPS) is 11.7. The van der Waals surface area contributed by atoms with Crippen LogP contribution in [0.1, 0.15) is 26.3 Å². The highest BCUT2D eigenvalue weighted by Crippen LogP contribution is 2.29. The second kappa shape index (κ2) is 6.96. The van der Waals surface area contributed by atoms with Crippen molar-refractivity contribution in [1.29, 1.82) is 0 Å². The molecule has 0 aliphatic carbocycles. The first-order valence-corrected chi connectivity index (χ1v) is 8.71. The maximum absolute atomic E-state index is 13.0. The minimum Gasteiger partial charge on any atom is -0.395 e. The second-order valence-electron chi connectivity index (χ2n) is 7.52. The van der Waals surface area contributed by atoms with Crippen molar-refractivity contribution >= 4 is 22.5 Å². The fourth-order valence-corrected chi connectivity index (χ4v) is 2.92. The molecule has 0 atom stereocenters. The van der Waals surface area contributed by atoms with Crippen LogP contribution in [0.15, 0.2) is 29.5 Å². The number of aliphatic hydroxyl groups is 1. The van der Waals surface area contributed by atoms with Gasteiger partial charge in [0, 0.05) is 36.2 Å². The average Bonchev–Trinajstić information content (AvgIpc) is 2.58. The van der Waals surface area contributed by atoms with Crippen molar-refractivity contribution in [2.24, 2.45) is 0 Å². The van der Waals surface area contributed by atoms with Crippen molar-refractivity contribution < 1.29 is 5.11 Å². The largest absolute Gasteiger partial charge is 0.395 e. The summed E-state index contributed by atoms with van der Waals surface area (Å²) in [5, 5.41) is 13.9. The topological polar surface area (TPSA) is 119 Å². The van der Waals surface area contributed by atoms with E-state index in [-0.39, 0.29) is 30.2 Å². The third-order valence-electron chi connectivity index (χ3n) is 4.07. The van der Waals surface area contributed by atoms with E-state index >= 15 is 0 Å². The molecule has 0 saturated heterocycles. The van der Waals surface area contributed by atoms with Gasteiger partial charge in [-0.1, -0.05) is 0 Å². The van der Waals surface area contributed by atoms with Gasteiger partial charge in [0.05, 0.1) is 17.7 Å². The zero-order chi connectivity index (χ0) is 19.8. The van der Waals surface area contributed by atoms with Crippen LogP contribution < -0.4 is 16.6 Å². The molecule has 0 unspecified atom stereocenters. The highest BCUT2D eigenvalue weighted by molar-refractivity contribution is 5.96. The number of pyridine rings is 2. The Kier molecular flexibility index (Phi) is 4.84. The van der Waals surface area contributed by atoms with Gasteiger partial charge in [-0.3, -0.25) is 4.79 Å². The Morgan fingerprint density at radius 3 is 2.52 bits per heavy atom. The molecular formula is C19H24N6O2. The van der Waals surface area contributed by atoms with E-state index in [0.717, 1.165) is 10.9 Å². The van der Waals surface area contributed by atoms with Crippen molar-refractivity contribution in [3.63, 3.8) is 0 Å². The lowest BCUT2D eigenvalue weighted by molar-refractivity contribution is 0.274. The molecule has 142 valence electrons. The standard InChI is InChI=1S/C19H24N6O2/c1-11-10-25(5-6-26)17(27)15-13(11)7-14(12-8-21-18(20)22-9-12)23-16(15)24-19(2,3)4/h7-10,26H,5-6H2,1-4H3,(H,23,24)(H2,20,21,22). The number of aryl methyl sites for hydroxylation is 1. The third-order valence-corrected chi connectivity index (χ3v) is 4.07. The predicted molar refractivity (Wildman–Crippen MR) is 107 cm³/mol. The van der Waals surface area contributed by atoms with Crippen LogP contribution in [-0.2, 0) is 6.54 Å². The Bertz CT molecular complexity index is 1040. The molecule has 3 aromatic heterocycles. The highest BCUT2D eigenvalue weighted by Gasteiger charge is 2.19. The van der Waals surface area contributed by atoms with Gasteiger partial charge < -0.3 is 20.7 Å². The minimum absolute atomic E-state index is 0.110. The molecule has 27 heavy (non-hydrogen) atoms. The first kappa shape index (κ1) is 18.8. The van der Waals surface area contributed by atoms with Crippen LogP contribution in [0, 0.1) is 6.92 Å². The number of fused-ring (bicyclic) bond motifs is 1. The molecule has 0 amide bonds. The number of nitrogens with two attached hydrogens (primary N) is 1. The Hall–Kier alpha value is -3.00. The molecule has 0 spiro atoms. The number of nitrogens with one attached hydrogen (secondary N) is 1. The number of hydrogen-bond acceptors (Lipinski definition) is 7. The third kappa shape index (κ3) is 3.90. The van der Waals surface area contributed by atoms with Gasteiger partial charge in [0.15, 0.2) is 0 Å². The summed E-state index contributed by atoms with van der Waals surface area (Å²) in [6.07, 6.45) is 4.98. The summed E-state index contributed by atoms with van der Waals surface area (Å²) in [6.45, 7) is 8.06. The molecule has 0 saturated carbocycles. The number of hydrogen-bond donors (Lipinski definition) is 3. The number of nitrogens with zero attached hydrogens (tertiary/aromatic N) is 4. The number of nitrogen functional groups attached to an aromatic ring is 1. The second-order valence-corrected chi connectivity index (χ2v) is 7.52. The summed E-state index contributed by atoms with van der Waals surface area (Å²) in [5.74, 6) is 0.683.